The zero-order valence-electron chi connectivity index (χ0n) is 9.34. The fourth-order valence-electron chi connectivity index (χ4n) is 2.81. The maximum atomic E-state index is 2.51. The van der Waals surface area contributed by atoms with Crippen LogP contribution < -0.4 is 0 Å². The predicted octanol–water partition coefficient (Wildman–Crippen LogP) is 4.48. The summed E-state index contributed by atoms with van der Waals surface area (Å²) >= 11 is 0. The van der Waals surface area contributed by atoms with Crippen molar-refractivity contribution in [3.63, 3.8) is 0 Å². The Balaban J connectivity index is 1.98. The third-order valence-electron chi connectivity index (χ3n) is 3.84. The van der Waals surface area contributed by atoms with Crippen LogP contribution in [0.2, 0.25) is 0 Å². The zero-order valence-corrected chi connectivity index (χ0v) is 9.34. The topological polar surface area (TPSA) is 0 Å². The molecule has 0 N–H and O–H groups in total. The fourth-order valence-corrected chi connectivity index (χ4v) is 2.81. The van der Waals surface area contributed by atoms with Crippen LogP contribution in [0.5, 0.6) is 0 Å². The maximum absolute atomic E-state index is 2.51. The first-order chi connectivity index (χ1) is 6.88. The van der Waals surface area contributed by atoms with E-state index < -0.39 is 0 Å². The first kappa shape index (κ1) is 10.0. The van der Waals surface area contributed by atoms with Crippen molar-refractivity contribution >= 4 is 0 Å². The molecule has 0 aromatic carbocycles. The molecular weight excluding hydrogens is 168 g/mol. The van der Waals surface area contributed by atoms with E-state index in [1.807, 2.05) is 0 Å². The van der Waals surface area contributed by atoms with Gasteiger partial charge in [-0.3, -0.25) is 0 Å². The summed E-state index contributed by atoms with van der Waals surface area (Å²) in [6.07, 6.45) is 17.0. The molecule has 0 saturated heterocycles. The Kier molecular flexibility index (Phi) is 3.44. The highest BCUT2D eigenvalue weighted by molar-refractivity contribution is 5.13. The Morgan fingerprint density at radius 2 is 2.14 bits per heavy atom. The Labute approximate surface area is 88.1 Å². The highest BCUT2D eigenvalue weighted by Crippen LogP contribution is 2.33. The second kappa shape index (κ2) is 4.82. The summed E-state index contributed by atoms with van der Waals surface area (Å²) in [6, 6.07) is 0. The van der Waals surface area contributed by atoms with Gasteiger partial charge in [0.1, 0.15) is 0 Å². The van der Waals surface area contributed by atoms with Crippen LogP contribution in [0.25, 0.3) is 0 Å². The standard InChI is InChI=1S/C14H22/c1-12(13-8-4-2-5-9-13)14-10-6-3-7-11-14/h4,8,10,12-13H,2-3,5-7,9,11H2,1H3. The molecule has 0 radical (unpaired) electrons. The summed E-state index contributed by atoms with van der Waals surface area (Å²) < 4.78 is 0. The molecule has 0 heteroatoms. The second-order valence-electron chi connectivity index (χ2n) is 4.84. The van der Waals surface area contributed by atoms with E-state index in [-0.39, 0.29) is 0 Å². The van der Waals surface area contributed by atoms with Gasteiger partial charge >= 0.3 is 0 Å². The first-order valence-electron chi connectivity index (χ1n) is 6.23. The molecular formula is C14H22. The molecule has 0 nitrogen and oxygen atoms in total. The van der Waals surface area contributed by atoms with Gasteiger partial charge in [0.15, 0.2) is 0 Å². The van der Waals surface area contributed by atoms with E-state index in [9.17, 15) is 0 Å². The highest BCUT2D eigenvalue weighted by atomic mass is 14.3. The van der Waals surface area contributed by atoms with E-state index >= 15 is 0 Å². The number of rotatable bonds is 2. The summed E-state index contributed by atoms with van der Waals surface area (Å²) in [4.78, 5) is 0. The maximum Gasteiger partial charge on any atom is -0.0169 e. The quantitative estimate of drug-likeness (QED) is 0.563. The molecule has 0 fully saturated rings. The lowest BCUT2D eigenvalue weighted by Crippen LogP contribution is -2.15. The summed E-state index contributed by atoms with van der Waals surface area (Å²) in [5, 5.41) is 0. The molecule has 0 spiro atoms. The van der Waals surface area contributed by atoms with Gasteiger partial charge in [-0.25, -0.2) is 0 Å². The summed E-state index contributed by atoms with van der Waals surface area (Å²) in [7, 11) is 0. The zero-order chi connectivity index (χ0) is 9.80. The normalized spacial score (nSPS) is 29.8. The fraction of sp³-hybridized carbons (Fsp3) is 0.714. The van der Waals surface area contributed by atoms with Crippen molar-refractivity contribution in [1.82, 2.24) is 0 Å². The molecule has 2 aliphatic rings. The Morgan fingerprint density at radius 1 is 1.21 bits per heavy atom. The lowest BCUT2D eigenvalue weighted by molar-refractivity contribution is 0.412. The molecule has 14 heavy (non-hydrogen) atoms. The monoisotopic (exact) mass is 190 g/mol. The molecule has 2 rings (SSSR count). The van der Waals surface area contributed by atoms with Crippen molar-refractivity contribution in [2.75, 3.05) is 0 Å². The van der Waals surface area contributed by atoms with E-state index in [0.717, 1.165) is 11.8 Å². The largest absolute Gasteiger partial charge is 0.0882 e. The van der Waals surface area contributed by atoms with Gasteiger partial charge in [0.05, 0.1) is 0 Å². The van der Waals surface area contributed by atoms with Gasteiger partial charge in [-0.2, -0.15) is 0 Å². The number of hydrogen-bond donors (Lipinski definition) is 0. The molecule has 2 aliphatic carbocycles. The van der Waals surface area contributed by atoms with Gasteiger partial charge in [-0.05, 0) is 56.8 Å². The van der Waals surface area contributed by atoms with Gasteiger partial charge in [0.2, 0.25) is 0 Å². The molecule has 0 aliphatic heterocycles. The van der Waals surface area contributed by atoms with Gasteiger partial charge in [0.25, 0.3) is 0 Å². The minimum Gasteiger partial charge on any atom is -0.0882 e. The summed E-state index contributed by atoms with van der Waals surface area (Å²) in [5.41, 5.74) is 1.74. The van der Waals surface area contributed by atoms with Gasteiger partial charge in [-0.15, -0.1) is 0 Å². The first-order valence-corrected chi connectivity index (χ1v) is 6.23. The minimum absolute atomic E-state index is 0.812. The summed E-state index contributed by atoms with van der Waals surface area (Å²) in [6.45, 7) is 2.43. The van der Waals surface area contributed by atoms with Crippen molar-refractivity contribution in [3.05, 3.63) is 23.8 Å². The van der Waals surface area contributed by atoms with E-state index in [0.29, 0.717) is 0 Å². The van der Waals surface area contributed by atoms with E-state index in [1.165, 1.54) is 44.9 Å². The predicted molar refractivity (Wildman–Crippen MR) is 62.2 cm³/mol. The molecule has 2 unspecified atom stereocenters. The molecule has 0 amide bonds. The van der Waals surface area contributed by atoms with Crippen molar-refractivity contribution < 1.29 is 0 Å². The van der Waals surface area contributed by atoms with Gasteiger partial charge in [0, 0.05) is 0 Å². The Hall–Kier alpha value is -0.520. The molecule has 0 heterocycles. The average Bonchev–Trinajstić information content (AvgIpc) is 2.30. The van der Waals surface area contributed by atoms with Crippen LogP contribution in [0.1, 0.15) is 51.9 Å². The van der Waals surface area contributed by atoms with Gasteiger partial charge in [-0.1, -0.05) is 30.7 Å². The molecule has 0 aromatic heterocycles. The molecule has 0 bridgehead atoms. The van der Waals surface area contributed by atoms with Crippen LogP contribution in [0.15, 0.2) is 23.8 Å². The Bertz CT molecular complexity index is 234. The van der Waals surface area contributed by atoms with Crippen molar-refractivity contribution in [1.29, 1.82) is 0 Å². The molecule has 0 aromatic rings. The van der Waals surface area contributed by atoms with Crippen molar-refractivity contribution in [2.24, 2.45) is 11.8 Å². The lowest BCUT2D eigenvalue weighted by Gasteiger charge is -2.27. The molecule has 0 saturated carbocycles. The van der Waals surface area contributed by atoms with E-state index in [2.05, 4.69) is 25.2 Å². The van der Waals surface area contributed by atoms with Crippen LogP contribution in [0.4, 0.5) is 0 Å². The van der Waals surface area contributed by atoms with Crippen molar-refractivity contribution in [2.45, 2.75) is 51.9 Å². The van der Waals surface area contributed by atoms with E-state index in [1.54, 1.807) is 5.57 Å². The van der Waals surface area contributed by atoms with Crippen LogP contribution in [0, 0.1) is 11.8 Å². The third-order valence-corrected chi connectivity index (χ3v) is 3.84. The van der Waals surface area contributed by atoms with E-state index in [4.69, 9.17) is 0 Å². The Morgan fingerprint density at radius 3 is 2.79 bits per heavy atom. The smallest absolute Gasteiger partial charge is 0.0169 e. The number of hydrogen-bond acceptors (Lipinski definition) is 0. The highest BCUT2D eigenvalue weighted by Gasteiger charge is 2.20. The molecule has 78 valence electrons. The van der Waals surface area contributed by atoms with Gasteiger partial charge < -0.3 is 0 Å². The van der Waals surface area contributed by atoms with Crippen LogP contribution >= 0.6 is 0 Å². The van der Waals surface area contributed by atoms with Crippen LogP contribution in [-0.4, -0.2) is 0 Å². The SMILES string of the molecule is CC(C1=CCCCC1)C1C=CCCC1. The third kappa shape index (κ3) is 2.29. The number of allylic oxidation sites excluding steroid dienone is 4. The van der Waals surface area contributed by atoms with Crippen LogP contribution in [-0.2, 0) is 0 Å². The minimum atomic E-state index is 0.812. The molecule has 2 atom stereocenters. The second-order valence-corrected chi connectivity index (χ2v) is 4.84. The summed E-state index contributed by atoms with van der Waals surface area (Å²) in [5.74, 6) is 1.65. The lowest BCUT2D eigenvalue weighted by atomic mass is 9.78. The van der Waals surface area contributed by atoms with Crippen LogP contribution in [0.3, 0.4) is 0 Å². The van der Waals surface area contributed by atoms with Crippen molar-refractivity contribution in [3.8, 4) is 0 Å². The average molecular weight is 190 g/mol.